The summed E-state index contributed by atoms with van der Waals surface area (Å²) in [6.07, 6.45) is 2.29. The summed E-state index contributed by atoms with van der Waals surface area (Å²) in [6.45, 7) is 6.11. The molecular formula is C16H24BrNO5. The summed E-state index contributed by atoms with van der Waals surface area (Å²) < 4.78 is 6.98. The van der Waals surface area contributed by atoms with Crippen molar-refractivity contribution in [3.05, 3.63) is 27.7 Å². The number of aryl methyl sites for hydroxylation is 2. The Morgan fingerprint density at radius 3 is 1.96 bits per heavy atom. The van der Waals surface area contributed by atoms with Crippen LogP contribution in [0.15, 0.2) is 16.6 Å². The lowest BCUT2D eigenvalue weighted by Gasteiger charge is -2.13. The van der Waals surface area contributed by atoms with Gasteiger partial charge in [0.05, 0.1) is 6.61 Å². The molecule has 0 fully saturated rings. The van der Waals surface area contributed by atoms with E-state index in [1.165, 1.54) is 17.5 Å². The van der Waals surface area contributed by atoms with Crippen molar-refractivity contribution in [3.8, 4) is 5.75 Å². The van der Waals surface area contributed by atoms with E-state index in [0.717, 1.165) is 29.8 Å². The van der Waals surface area contributed by atoms with Crippen molar-refractivity contribution in [1.82, 2.24) is 4.90 Å². The molecule has 0 saturated heterocycles. The Morgan fingerprint density at radius 2 is 1.57 bits per heavy atom. The van der Waals surface area contributed by atoms with Crippen LogP contribution in [0.25, 0.3) is 0 Å². The normalized spacial score (nSPS) is 10.0. The van der Waals surface area contributed by atoms with Crippen molar-refractivity contribution < 1.29 is 24.5 Å². The fraction of sp³-hybridized carbons (Fsp3) is 0.500. The average Bonchev–Trinajstić information content (AvgIpc) is 2.41. The van der Waals surface area contributed by atoms with E-state index in [0.29, 0.717) is 0 Å². The lowest BCUT2D eigenvalue weighted by atomic mass is 10.1. The standard InChI is InChI=1S/C14H22BrNO.C2H2O4/c1-11-9-13(15)10-12(2)14(11)17-8-6-5-7-16(3)4;3-1(4)2(5)6/h9-10H,5-8H2,1-4H3;(H,3,4)(H,5,6). The van der Waals surface area contributed by atoms with Gasteiger partial charge in [0.15, 0.2) is 0 Å². The lowest BCUT2D eigenvalue weighted by Crippen LogP contribution is -2.13. The minimum atomic E-state index is -1.82. The van der Waals surface area contributed by atoms with Crippen molar-refractivity contribution in [1.29, 1.82) is 0 Å². The van der Waals surface area contributed by atoms with Crippen LogP contribution < -0.4 is 4.74 Å². The fourth-order valence-corrected chi connectivity index (χ4v) is 2.52. The van der Waals surface area contributed by atoms with Crippen molar-refractivity contribution >= 4 is 27.9 Å². The number of benzene rings is 1. The van der Waals surface area contributed by atoms with Crippen LogP contribution in [-0.4, -0.2) is 54.3 Å². The van der Waals surface area contributed by atoms with Crippen molar-refractivity contribution in [2.24, 2.45) is 0 Å². The molecule has 1 rings (SSSR count). The summed E-state index contributed by atoms with van der Waals surface area (Å²) in [4.78, 5) is 20.4. The number of hydrogen-bond donors (Lipinski definition) is 2. The molecule has 0 aliphatic heterocycles. The topological polar surface area (TPSA) is 87.1 Å². The number of halogens is 1. The number of rotatable bonds is 6. The average molecular weight is 390 g/mol. The molecule has 0 atom stereocenters. The maximum atomic E-state index is 9.10. The molecule has 0 spiro atoms. The van der Waals surface area contributed by atoms with Gasteiger partial charge in [0.1, 0.15) is 5.75 Å². The third-order valence-electron chi connectivity index (χ3n) is 2.85. The van der Waals surface area contributed by atoms with Crippen LogP contribution in [-0.2, 0) is 9.59 Å². The smallest absolute Gasteiger partial charge is 0.414 e. The van der Waals surface area contributed by atoms with E-state index in [4.69, 9.17) is 24.5 Å². The molecule has 0 aliphatic carbocycles. The maximum Gasteiger partial charge on any atom is 0.414 e. The molecule has 0 heterocycles. The Balaban J connectivity index is 0.000000688. The van der Waals surface area contributed by atoms with E-state index in [1.807, 2.05) is 0 Å². The number of nitrogens with zero attached hydrogens (tertiary/aromatic N) is 1. The molecule has 6 nitrogen and oxygen atoms in total. The van der Waals surface area contributed by atoms with Gasteiger partial charge < -0.3 is 19.8 Å². The molecule has 1 aromatic carbocycles. The molecule has 23 heavy (non-hydrogen) atoms. The number of carboxylic acids is 2. The quantitative estimate of drug-likeness (QED) is 0.574. The van der Waals surface area contributed by atoms with Crippen LogP contribution in [0.1, 0.15) is 24.0 Å². The fourth-order valence-electron chi connectivity index (χ4n) is 1.83. The van der Waals surface area contributed by atoms with Gasteiger partial charge in [0, 0.05) is 4.47 Å². The van der Waals surface area contributed by atoms with E-state index in [9.17, 15) is 0 Å². The second kappa shape index (κ2) is 11.0. The molecule has 0 bridgehead atoms. The Morgan fingerprint density at radius 1 is 1.09 bits per heavy atom. The van der Waals surface area contributed by atoms with Gasteiger partial charge in [-0.05, 0) is 70.6 Å². The number of aliphatic carboxylic acids is 2. The van der Waals surface area contributed by atoms with Gasteiger partial charge in [-0.25, -0.2) is 9.59 Å². The zero-order valence-electron chi connectivity index (χ0n) is 13.9. The minimum Gasteiger partial charge on any atom is -0.493 e. The highest BCUT2D eigenvalue weighted by Crippen LogP contribution is 2.27. The van der Waals surface area contributed by atoms with E-state index < -0.39 is 11.9 Å². The summed E-state index contributed by atoms with van der Waals surface area (Å²) >= 11 is 3.50. The highest BCUT2D eigenvalue weighted by atomic mass is 79.9. The molecule has 0 amide bonds. The summed E-state index contributed by atoms with van der Waals surface area (Å²) in [5.41, 5.74) is 2.40. The van der Waals surface area contributed by atoms with Gasteiger partial charge in [0.25, 0.3) is 0 Å². The third kappa shape index (κ3) is 9.91. The van der Waals surface area contributed by atoms with Gasteiger partial charge in [-0.1, -0.05) is 15.9 Å². The van der Waals surface area contributed by atoms with Gasteiger partial charge >= 0.3 is 11.9 Å². The van der Waals surface area contributed by atoms with Crippen molar-refractivity contribution in [3.63, 3.8) is 0 Å². The predicted molar refractivity (Wildman–Crippen MR) is 92.2 cm³/mol. The van der Waals surface area contributed by atoms with E-state index in [1.54, 1.807) is 0 Å². The SMILES string of the molecule is Cc1cc(Br)cc(C)c1OCCCCN(C)C.O=C(O)C(=O)O. The van der Waals surface area contributed by atoms with Gasteiger partial charge in [-0.15, -0.1) is 0 Å². The van der Waals surface area contributed by atoms with Gasteiger partial charge in [-0.3, -0.25) is 0 Å². The highest BCUT2D eigenvalue weighted by molar-refractivity contribution is 9.10. The zero-order chi connectivity index (χ0) is 18.0. The molecule has 0 aliphatic rings. The monoisotopic (exact) mass is 389 g/mol. The van der Waals surface area contributed by atoms with Crippen LogP contribution in [0, 0.1) is 13.8 Å². The Hall–Kier alpha value is -1.60. The van der Waals surface area contributed by atoms with Crippen LogP contribution in [0.4, 0.5) is 0 Å². The first kappa shape index (κ1) is 21.4. The number of carbonyl (C=O) groups is 2. The zero-order valence-corrected chi connectivity index (χ0v) is 15.5. The molecule has 0 aromatic heterocycles. The summed E-state index contributed by atoms with van der Waals surface area (Å²) in [5.74, 6) is -2.61. The summed E-state index contributed by atoms with van der Waals surface area (Å²) in [5, 5.41) is 14.8. The largest absolute Gasteiger partial charge is 0.493 e. The predicted octanol–water partition coefficient (Wildman–Crippen LogP) is 2.94. The van der Waals surface area contributed by atoms with Crippen LogP contribution in [0.5, 0.6) is 5.75 Å². The molecule has 0 radical (unpaired) electrons. The second-order valence-electron chi connectivity index (χ2n) is 5.34. The van der Waals surface area contributed by atoms with Gasteiger partial charge in [-0.2, -0.15) is 0 Å². The molecule has 2 N–H and O–H groups in total. The number of ether oxygens (including phenoxy) is 1. The Bertz CT molecular complexity index is 496. The van der Waals surface area contributed by atoms with Crippen LogP contribution >= 0.6 is 15.9 Å². The first-order valence-electron chi connectivity index (χ1n) is 7.15. The van der Waals surface area contributed by atoms with Crippen molar-refractivity contribution in [2.75, 3.05) is 27.2 Å². The summed E-state index contributed by atoms with van der Waals surface area (Å²) in [6, 6.07) is 4.20. The number of hydrogen-bond acceptors (Lipinski definition) is 4. The van der Waals surface area contributed by atoms with E-state index in [2.05, 4.69) is 60.9 Å². The second-order valence-corrected chi connectivity index (χ2v) is 6.25. The first-order valence-corrected chi connectivity index (χ1v) is 7.95. The minimum absolute atomic E-state index is 0.803. The summed E-state index contributed by atoms with van der Waals surface area (Å²) in [7, 11) is 4.20. The molecule has 7 heteroatoms. The lowest BCUT2D eigenvalue weighted by molar-refractivity contribution is -0.159. The Labute approximate surface area is 145 Å². The highest BCUT2D eigenvalue weighted by Gasteiger charge is 2.05. The van der Waals surface area contributed by atoms with Gasteiger partial charge in [0.2, 0.25) is 0 Å². The molecular weight excluding hydrogens is 366 g/mol. The third-order valence-corrected chi connectivity index (χ3v) is 3.31. The van der Waals surface area contributed by atoms with Crippen molar-refractivity contribution in [2.45, 2.75) is 26.7 Å². The molecule has 0 unspecified atom stereocenters. The first-order chi connectivity index (χ1) is 10.6. The maximum absolute atomic E-state index is 9.10. The molecule has 0 saturated carbocycles. The van der Waals surface area contributed by atoms with Crippen LogP contribution in [0.2, 0.25) is 0 Å². The molecule has 1 aromatic rings. The van der Waals surface area contributed by atoms with Crippen LogP contribution in [0.3, 0.4) is 0 Å². The number of carboxylic acid groups (broad SMARTS) is 2. The molecule has 130 valence electrons. The van der Waals surface area contributed by atoms with E-state index >= 15 is 0 Å². The van der Waals surface area contributed by atoms with E-state index in [-0.39, 0.29) is 0 Å². The number of unbranched alkanes of at least 4 members (excludes halogenated alkanes) is 1. The Kier molecular flexibility index (Phi) is 10.2.